The second kappa shape index (κ2) is 5.98. The van der Waals surface area contributed by atoms with Crippen LogP contribution in [0.5, 0.6) is 0 Å². The van der Waals surface area contributed by atoms with Crippen LogP contribution in [0, 0.1) is 0 Å². The van der Waals surface area contributed by atoms with E-state index < -0.39 is 0 Å². The van der Waals surface area contributed by atoms with Crippen molar-refractivity contribution >= 4 is 39.2 Å². The highest BCUT2D eigenvalue weighted by Gasteiger charge is 2.08. The number of halogens is 2. The molecule has 5 heteroatoms. The zero-order valence-electron chi connectivity index (χ0n) is 8.34. The van der Waals surface area contributed by atoms with Crippen LogP contribution in [0.25, 0.3) is 0 Å². The molecule has 0 saturated carbocycles. The van der Waals surface area contributed by atoms with Gasteiger partial charge in [0.05, 0.1) is 10.7 Å². The van der Waals surface area contributed by atoms with E-state index >= 15 is 0 Å². The Bertz CT molecular complexity index is 346. The number of hydrogen-bond acceptors (Lipinski definition) is 1. The molecule has 2 amide bonds. The lowest BCUT2D eigenvalue weighted by molar-refractivity contribution is 0.225. The minimum Gasteiger partial charge on any atom is -0.327 e. The fourth-order valence-electron chi connectivity index (χ4n) is 1.00. The third kappa shape index (κ3) is 3.72. The van der Waals surface area contributed by atoms with Crippen molar-refractivity contribution in [3.05, 3.63) is 29.3 Å². The van der Waals surface area contributed by atoms with E-state index in [9.17, 15) is 4.79 Å². The number of para-hydroxylation sites is 1. The predicted molar refractivity (Wildman–Crippen MR) is 66.9 cm³/mol. The maximum Gasteiger partial charge on any atom is 0.321 e. The molecular weight excluding hydrogens is 279 g/mol. The number of amides is 2. The van der Waals surface area contributed by atoms with Crippen molar-refractivity contribution in [1.29, 1.82) is 0 Å². The number of alkyl halides is 1. The van der Waals surface area contributed by atoms with Gasteiger partial charge in [0, 0.05) is 18.9 Å². The average Bonchev–Trinajstić information content (AvgIpc) is 2.21. The quantitative estimate of drug-likeness (QED) is 0.852. The Hall–Kier alpha value is -0.740. The Labute approximate surface area is 103 Å². The van der Waals surface area contributed by atoms with Crippen LogP contribution in [0.3, 0.4) is 0 Å². The van der Waals surface area contributed by atoms with Gasteiger partial charge in [-0.3, -0.25) is 0 Å². The maximum atomic E-state index is 11.6. The van der Waals surface area contributed by atoms with Gasteiger partial charge in [-0.15, -0.1) is 0 Å². The Balaban J connectivity index is 2.62. The monoisotopic (exact) mass is 290 g/mol. The van der Waals surface area contributed by atoms with Crippen LogP contribution in [-0.4, -0.2) is 29.9 Å². The molecule has 1 rings (SSSR count). The van der Waals surface area contributed by atoms with Gasteiger partial charge in [-0.25, -0.2) is 4.79 Å². The molecule has 0 unspecified atom stereocenters. The van der Waals surface area contributed by atoms with Crippen LogP contribution < -0.4 is 5.32 Å². The number of nitrogens with one attached hydrogen (secondary N) is 1. The van der Waals surface area contributed by atoms with Crippen LogP contribution in [0.2, 0.25) is 5.02 Å². The summed E-state index contributed by atoms with van der Waals surface area (Å²) in [6.07, 6.45) is 0. The van der Waals surface area contributed by atoms with E-state index in [0.29, 0.717) is 17.3 Å². The van der Waals surface area contributed by atoms with E-state index in [4.69, 9.17) is 11.6 Å². The van der Waals surface area contributed by atoms with E-state index in [1.807, 2.05) is 12.1 Å². The standard InChI is InChI=1S/C10H12BrClN2O/c1-14(7-6-11)10(15)13-9-5-3-2-4-8(9)12/h2-5H,6-7H2,1H3,(H,13,15). The Kier molecular flexibility index (Phi) is 4.91. The molecular formula is C10H12BrClN2O. The Morgan fingerprint density at radius 3 is 2.80 bits per heavy atom. The summed E-state index contributed by atoms with van der Waals surface area (Å²) in [6, 6.07) is 6.98. The molecule has 0 radical (unpaired) electrons. The minimum atomic E-state index is -0.164. The normalized spacial score (nSPS) is 9.80. The van der Waals surface area contributed by atoms with Crippen molar-refractivity contribution in [2.75, 3.05) is 24.2 Å². The highest BCUT2D eigenvalue weighted by Crippen LogP contribution is 2.20. The van der Waals surface area contributed by atoms with Crippen LogP contribution in [0.1, 0.15) is 0 Å². The average molecular weight is 292 g/mol. The van der Waals surface area contributed by atoms with Gasteiger partial charge in [0.2, 0.25) is 0 Å². The molecule has 0 aromatic heterocycles. The van der Waals surface area contributed by atoms with Gasteiger partial charge in [0.1, 0.15) is 0 Å². The maximum absolute atomic E-state index is 11.6. The molecule has 15 heavy (non-hydrogen) atoms. The van der Waals surface area contributed by atoms with E-state index in [0.717, 1.165) is 5.33 Å². The third-order valence-electron chi connectivity index (χ3n) is 1.88. The van der Waals surface area contributed by atoms with E-state index in [1.54, 1.807) is 24.1 Å². The third-order valence-corrected chi connectivity index (χ3v) is 2.57. The number of carbonyl (C=O) groups excluding carboxylic acids is 1. The number of urea groups is 1. The lowest BCUT2D eigenvalue weighted by atomic mass is 10.3. The number of anilines is 1. The van der Waals surface area contributed by atoms with Gasteiger partial charge in [-0.2, -0.15) is 0 Å². The van der Waals surface area contributed by atoms with Gasteiger partial charge in [-0.1, -0.05) is 39.7 Å². The second-order valence-corrected chi connectivity index (χ2v) is 4.22. The molecule has 0 aliphatic heterocycles. The largest absolute Gasteiger partial charge is 0.327 e. The summed E-state index contributed by atoms with van der Waals surface area (Å²) in [5.74, 6) is 0. The number of rotatable bonds is 3. The minimum absolute atomic E-state index is 0.164. The predicted octanol–water partition coefficient (Wildman–Crippen LogP) is 3.20. The first-order valence-electron chi connectivity index (χ1n) is 4.47. The summed E-state index contributed by atoms with van der Waals surface area (Å²) >= 11 is 9.18. The lowest BCUT2D eigenvalue weighted by Crippen LogP contribution is -2.32. The molecule has 0 spiro atoms. The first kappa shape index (κ1) is 12.3. The molecule has 0 fully saturated rings. The summed E-state index contributed by atoms with van der Waals surface area (Å²) in [5.41, 5.74) is 0.630. The van der Waals surface area contributed by atoms with Gasteiger partial charge in [0.25, 0.3) is 0 Å². The van der Waals surface area contributed by atoms with E-state index in [-0.39, 0.29) is 6.03 Å². The molecule has 0 heterocycles. The van der Waals surface area contributed by atoms with Gasteiger partial charge < -0.3 is 10.2 Å². The molecule has 3 nitrogen and oxygen atoms in total. The molecule has 82 valence electrons. The summed E-state index contributed by atoms with van der Waals surface area (Å²) in [6.45, 7) is 0.649. The van der Waals surface area contributed by atoms with Gasteiger partial charge >= 0.3 is 6.03 Å². The molecule has 0 saturated heterocycles. The molecule has 1 aromatic carbocycles. The van der Waals surface area contributed by atoms with Crippen LogP contribution >= 0.6 is 27.5 Å². The topological polar surface area (TPSA) is 32.3 Å². The lowest BCUT2D eigenvalue weighted by Gasteiger charge is -2.16. The molecule has 0 atom stereocenters. The second-order valence-electron chi connectivity index (χ2n) is 3.02. The first-order valence-corrected chi connectivity index (χ1v) is 5.97. The number of hydrogen-bond donors (Lipinski definition) is 1. The summed E-state index contributed by atoms with van der Waals surface area (Å²) < 4.78 is 0. The highest BCUT2D eigenvalue weighted by atomic mass is 79.9. The summed E-state index contributed by atoms with van der Waals surface area (Å²) in [5, 5.41) is 4.02. The molecule has 0 bridgehead atoms. The van der Waals surface area contributed by atoms with Crippen LogP contribution in [-0.2, 0) is 0 Å². The van der Waals surface area contributed by atoms with Gasteiger partial charge in [-0.05, 0) is 12.1 Å². The number of carbonyl (C=O) groups is 1. The van der Waals surface area contributed by atoms with Crippen molar-refractivity contribution < 1.29 is 4.79 Å². The fraction of sp³-hybridized carbons (Fsp3) is 0.300. The van der Waals surface area contributed by atoms with E-state index in [2.05, 4.69) is 21.2 Å². The van der Waals surface area contributed by atoms with Crippen molar-refractivity contribution in [2.24, 2.45) is 0 Å². The molecule has 1 N–H and O–H groups in total. The van der Waals surface area contributed by atoms with Crippen molar-refractivity contribution in [3.63, 3.8) is 0 Å². The zero-order chi connectivity index (χ0) is 11.3. The number of nitrogens with zero attached hydrogens (tertiary/aromatic N) is 1. The SMILES string of the molecule is CN(CCBr)C(=O)Nc1ccccc1Cl. The van der Waals surface area contributed by atoms with Crippen molar-refractivity contribution in [3.8, 4) is 0 Å². The molecule has 0 aliphatic carbocycles. The smallest absolute Gasteiger partial charge is 0.321 e. The fourth-order valence-corrected chi connectivity index (χ4v) is 1.72. The van der Waals surface area contributed by atoms with Crippen LogP contribution in [0.15, 0.2) is 24.3 Å². The Morgan fingerprint density at radius 1 is 1.53 bits per heavy atom. The van der Waals surface area contributed by atoms with Crippen LogP contribution in [0.4, 0.5) is 10.5 Å². The summed E-state index contributed by atoms with van der Waals surface area (Å²) in [4.78, 5) is 13.2. The number of benzene rings is 1. The molecule has 1 aromatic rings. The highest BCUT2D eigenvalue weighted by molar-refractivity contribution is 9.09. The van der Waals surface area contributed by atoms with Crippen molar-refractivity contribution in [1.82, 2.24) is 4.90 Å². The molecule has 0 aliphatic rings. The van der Waals surface area contributed by atoms with Crippen molar-refractivity contribution in [2.45, 2.75) is 0 Å². The first-order chi connectivity index (χ1) is 7.15. The van der Waals surface area contributed by atoms with Gasteiger partial charge in [0.15, 0.2) is 0 Å². The Morgan fingerprint density at radius 2 is 2.20 bits per heavy atom. The zero-order valence-corrected chi connectivity index (χ0v) is 10.7. The summed E-state index contributed by atoms with van der Waals surface area (Å²) in [7, 11) is 1.73. The van der Waals surface area contributed by atoms with E-state index in [1.165, 1.54) is 0 Å².